The Bertz CT molecular complexity index is 1190. The minimum absolute atomic E-state index is 0.0475. The lowest BCUT2D eigenvalue weighted by molar-refractivity contribution is -0.121. The molecule has 1 aliphatic heterocycles. The molecule has 2 aliphatic rings. The Morgan fingerprint density at radius 1 is 1.10 bits per heavy atom. The number of amides is 1. The highest BCUT2D eigenvalue weighted by Crippen LogP contribution is 2.46. The van der Waals surface area contributed by atoms with E-state index in [1.165, 1.54) is 6.42 Å². The van der Waals surface area contributed by atoms with Crippen molar-refractivity contribution in [2.24, 2.45) is 7.05 Å². The number of carbonyl (C=O) groups excluding carboxylic acids is 1. The van der Waals surface area contributed by atoms with Gasteiger partial charge in [-0.3, -0.25) is 9.59 Å². The highest BCUT2D eigenvalue weighted by Gasteiger charge is 2.43. The van der Waals surface area contributed by atoms with Crippen LogP contribution in [-0.4, -0.2) is 27.3 Å². The number of nitrogens with zero attached hydrogens (tertiary/aromatic N) is 1. The summed E-state index contributed by atoms with van der Waals surface area (Å²) in [6.45, 7) is 0. The summed E-state index contributed by atoms with van der Waals surface area (Å²) in [4.78, 5) is 29.7. The number of benzene rings is 1. The zero-order valence-corrected chi connectivity index (χ0v) is 17.4. The quantitative estimate of drug-likeness (QED) is 0.552. The van der Waals surface area contributed by atoms with Gasteiger partial charge in [-0.2, -0.15) is 0 Å². The molecule has 6 nitrogen and oxygen atoms in total. The first-order chi connectivity index (χ1) is 14.0. The molecule has 3 aromatic rings. The Labute approximate surface area is 173 Å². The smallest absolute Gasteiger partial charge is 0.274 e. The van der Waals surface area contributed by atoms with Crippen LogP contribution in [0.25, 0.3) is 22.0 Å². The number of H-pyrrole nitrogens is 1. The lowest BCUT2D eigenvalue weighted by Gasteiger charge is -2.42. The lowest BCUT2D eigenvalue weighted by Crippen LogP contribution is -2.53. The first-order valence-corrected chi connectivity index (χ1v) is 11.2. The zero-order chi connectivity index (χ0) is 20.2. The molecule has 29 heavy (non-hydrogen) atoms. The molecular weight excluding hydrogens is 384 g/mol. The van der Waals surface area contributed by atoms with Crippen LogP contribution in [0.1, 0.15) is 32.1 Å². The van der Waals surface area contributed by atoms with E-state index in [1.54, 1.807) is 29.6 Å². The van der Waals surface area contributed by atoms with Gasteiger partial charge in [-0.1, -0.05) is 19.3 Å². The van der Waals surface area contributed by atoms with Crippen LogP contribution in [0.4, 0.5) is 11.4 Å². The fourth-order valence-electron chi connectivity index (χ4n) is 4.71. The molecule has 0 saturated heterocycles. The van der Waals surface area contributed by atoms with Crippen LogP contribution in [-0.2, 0) is 11.8 Å². The van der Waals surface area contributed by atoms with Gasteiger partial charge >= 0.3 is 0 Å². The van der Waals surface area contributed by atoms with E-state index >= 15 is 0 Å². The van der Waals surface area contributed by atoms with E-state index in [4.69, 9.17) is 0 Å². The van der Waals surface area contributed by atoms with Crippen LogP contribution in [0.2, 0.25) is 0 Å². The van der Waals surface area contributed by atoms with Crippen molar-refractivity contribution in [2.45, 2.75) is 42.5 Å². The SMILES string of the molecule is CSc1cc2c(c(-c3cn(C)c(=O)c4[nH]ccc34)c1)NC1(CCCCC1)C(=O)N2. The molecule has 150 valence electrons. The molecule has 5 rings (SSSR count). The maximum atomic E-state index is 13.0. The molecule has 3 N–H and O–H groups in total. The summed E-state index contributed by atoms with van der Waals surface area (Å²) in [6.07, 6.45) is 10.7. The van der Waals surface area contributed by atoms with Crippen LogP contribution in [0, 0.1) is 0 Å². The molecule has 0 atom stereocenters. The second-order valence-electron chi connectivity index (χ2n) is 8.04. The molecule has 1 aromatic carbocycles. The van der Waals surface area contributed by atoms with Crippen LogP contribution in [0.15, 0.2) is 40.3 Å². The van der Waals surface area contributed by atoms with Crippen molar-refractivity contribution in [3.63, 3.8) is 0 Å². The first kappa shape index (κ1) is 18.4. The van der Waals surface area contributed by atoms with Gasteiger partial charge in [-0.05, 0) is 37.3 Å². The van der Waals surface area contributed by atoms with Crippen molar-refractivity contribution in [1.82, 2.24) is 9.55 Å². The monoisotopic (exact) mass is 408 g/mol. The first-order valence-electron chi connectivity index (χ1n) is 10.0. The van der Waals surface area contributed by atoms with Crippen LogP contribution >= 0.6 is 11.8 Å². The number of nitrogens with one attached hydrogen (secondary N) is 3. The molecule has 1 fully saturated rings. The molecule has 7 heteroatoms. The topological polar surface area (TPSA) is 78.9 Å². The average molecular weight is 409 g/mol. The third-order valence-electron chi connectivity index (χ3n) is 6.29. The number of carbonyl (C=O) groups is 1. The molecule has 0 bridgehead atoms. The molecule has 0 radical (unpaired) electrons. The summed E-state index contributed by atoms with van der Waals surface area (Å²) in [5.74, 6) is 0.0705. The van der Waals surface area contributed by atoms with Gasteiger partial charge in [0.05, 0.1) is 11.4 Å². The Balaban J connectivity index is 1.76. The molecule has 0 unspecified atom stereocenters. The van der Waals surface area contributed by atoms with Crippen molar-refractivity contribution in [3.05, 3.63) is 40.9 Å². The van der Waals surface area contributed by atoms with Gasteiger partial charge in [-0.25, -0.2) is 0 Å². The highest BCUT2D eigenvalue weighted by molar-refractivity contribution is 7.98. The summed E-state index contributed by atoms with van der Waals surface area (Å²) in [5.41, 5.74) is 3.76. The van der Waals surface area contributed by atoms with E-state index in [1.807, 2.05) is 24.6 Å². The number of aromatic nitrogens is 2. The predicted molar refractivity (Wildman–Crippen MR) is 119 cm³/mol. The fourth-order valence-corrected chi connectivity index (χ4v) is 5.18. The second-order valence-corrected chi connectivity index (χ2v) is 8.92. The van der Waals surface area contributed by atoms with Crippen molar-refractivity contribution in [1.29, 1.82) is 0 Å². The van der Waals surface area contributed by atoms with Crippen LogP contribution in [0.5, 0.6) is 0 Å². The number of thioether (sulfide) groups is 1. The standard InChI is InChI=1S/C22H24N4O2S/c1-26-12-16(14-6-9-23-19(14)20(26)27)15-10-13(29-2)11-17-18(15)25-22(21(28)24-17)7-4-3-5-8-22/h6,9-12,23,25H,3-5,7-8H2,1-2H3,(H,24,28). The third kappa shape index (κ3) is 2.79. The molecule has 1 saturated carbocycles. The molecule has 3 heterocycles. The number of pyridine rings is 1. The Morgan fingerprint density at radius 2 is 1.90 bits per heavy atom. The van der Waals surface area contributed by atoms with Crippen molar-refractivity contribution < 1.29 is 4.79 Å². The minimum atomic E-state index is -0.543. The summed E-state index contributed by atoms with van der Waals surface area (Å²) in [7, 11) is 1.77. The zero-order valence-electron chi connectivity index (χ0n) is 16.6. The van der Waals surface area contributed by atoms with E-state index in [0.717, 1.165) is 58.5 Å². The van der Waals surface area contributed by atoms with E-state index in [2.05, 4.69) is 21.7 Å². The van der Waals surface area contributed by atoms with Crippen LogP contribution < -0.4 is 16.2 Å². The summed E-state index contributed by atoms with van der Waals surface area (Å²) < 4.78 is 1.62. The number of rotatable bonds is 2. The van der Waals surface area contributed by atoms with Crippen molar-refractivity contribution in [2.75, 3.05) is 16.9 Å². The van der Waals surface area contributed by atoms with Gasteiger partial charge < -0.3 is 20.2 Å². The normalized spacial score (nSPS) is 17.8. The van der Waals surface area contributed by atoms with Crippen molar-refractivity contribution in [3.8, 4) is 11.1 Å². The van der Waals surface area contributed by atoms with Gasteiger partial charge in [0.2, 0.25) is 5.91 Å². The molecule has 1 amide bonds. The Morgan fingerprint density at radius 3 is 2.66 bits per heavy atom. The third-order valence-corrected chi connectivity index (χ3v) is 6.99. The molecule has 1 spiro atoms. The molecular formula is C22H24N4O2S. The maximum Gasteiger partial charge on any atom is 0.274 e. The Hall–Kier alpha value is -2.67. The summed E-state index contributed by atoms with van der Waals surface area (Å²) in [6, 6.07) is 6.12. The summed E-state index contributed by atoms with van der Waals surface area (Å²) in [5, 5.41) is 7.73. The van der Waals surface area contributed by atoms with Gasteiger partial charge in [0.25, 0.3) is 5.56 Å². The van der Waals surface area contributed by atoms with E-state index in [-0.39, 0.29) is 11.5 Å². The van der Waals surface area contributed by atoms with Gasteiger partial charge in [0.1, 0.15) is 11.1 Å². The van der Waals surface area contributed by atoms with Crippen LogP contribution in [0.3, 0.4) is 0 Å². The van der Waals surface area contributed by atoms with E-state index in [0.29, 0.717) is 5.52 Å². The number of anilines is 2. The molecule has 2 aromatic heterocycles. The fraction of sp³-hybridized carbons (Fsp3) is 0.364. The lowest BCUT2D eigenvalue weighted by atomic mass is 9.79. The number of aryl methyl sites for hydroxylation is 1. The minimum Gasteiger partial charge on any atom is -0.369 e. The number of hydrogen-bond donors (Lipinski definition) is 3. The average Bonchev–Trinajstić information content (AvgIpc) is 3.22. The largest absolute Gasteiger partial charge is 0.369 e. The van der Waals surface area contributed by atoms with Gasteiger partial charge in [-0.15, -0.1) is 11.8 Å². The van der Waals surface area contributed by atoms with Gasteiger partial charge in [0, 0.05) is 40.8 Å². The predicted octanol–water partition coefficient (Wildman–Crippen LogP) is 4.32. The van der Waals surface area contributed by atoms with E-state index in [9.17, 15) is 9.59 Å². The van der Waals surface area contributed by atoms with Crippen molar-refractivity contribution >= 4 is 39.9 Å². The highest BCUT2D eigenvalue weighted by atomic mass is 32.2. The molecule has 1 aliphatic carbocycles. The van der Waals surface area contributed by atoms with Gasteiger partial charge in [0.15, 0.2) is 0 Å². The number of aromatic amines is 1. The number of fused-ring (bicyclic) bond motifs is 2. The summed E-state index contributed by atoms with van der Waals surface area (Å²) >= 11 is 1.64. The maximum absolute atomic E-state index is 13.0. The Kier molecular flexibility index (Phi) is 4.24. The van der Waals surface area contributed by atoms with E-state index < -0.39 is 5.54 Å². The second kappa shape index (κ2) is 6.69. The number of hydrogen-bond acceptors (Lipinski definition) is 4.